The third-order valence-corrected chi connectivity index (χ3v) is 3.40. The lowest BCUT2D eigenvalue weighted by atomic mass is 10.1. The fraction of sp³-hybridized carbons (Fsp3) is 0.278. The standard InChI is InChI=1S/C18H20N2O3/c1-11-8-12(2)19-13(3)18(11)20-17(22)10-23-16-7-5-6-15(9-16)14(4)21/h5-9H,10H2,1-4H3,(H,20,22). The summed E-state index contributed by atoms with van der Waals surface area (Å²) in [5, 5.41) is 2.82. The quantitative estimate of drug-likeness (QED) is 0.861. The van der Waals surface area contributed by atoms with E-state index in [9.17, 15) is 9.59 Å². The molecule has 23 heavy (non-hydrogen) atoms. The van der Waals surface area contributed by atoms with Crippen LogP contribution in [0.15, 0.2) is 30.3 Å². The fourth-order valence-corrected chi connectivity index (χ4v) is 2.34. The topological polar surface area (TPSA) is 68.3 Å². The van der Waals surface area contributed by atoms with Gasteiger partial charge in [0.25, 0.3) is 5.91 Å². The number of amides is 1. The first kappa shape index (κ1) is 16.7. The Morgan fingerprint density at radius 2 is 1.91 bits per heavy atom. The summed E-state index contributed by atoms with van der Waals surface area (Å²) in [6.45, 7) is 7.05. The van der Waals surface area contributed by atoms with E-state index in [1.807, 2.05) is 26.8 Å². The summed E-state index contributed by atoms with van der Waals surface area (Å²) in [6.07, 6.45) is 0. The molecule has 1 aromatic carbocycles. The van der Waals surface area contributed by atoms with Gasteiger partial charge in [0.05, 0.1) is 11.4 Å². The summed E-state index contributed by atoms with van der Waals surface area (Å²) < 4.78 is 5.45. The largest absolute Gasteiger partial charge is 0.484 e. The van der Waals surface area contributed by atoms with Crippen molar-refractivity contribution in [3.63, 3.8) is 0 Å². The number of ether oxygens (including phenoxy) is 1. The SMILES string of the molecule is CC(=O)c1cccc(OCC(=O)Nc2c(C)cc(C)nc2C)c1. The van der Waals surface area contributed by atoms with Gasteiger partial charge in [0, 0.05) is 11.3 Å². The number of hydrogen-bond acceptors (Lipinski definition) is 4. The van der Waals surface area contributed by atoms with Gasteiger partial charge in [0.1, 0.15) is 5.75 Å². The molecule has 5 nitrogen and oxygen atoms in total. The Kier molecular flexibility index (Phi) is 5.11. The zero-order valence-corrected chi connectivity index (χ0v) is 13.8. The zero-order chi connectivity index (χ0) is 17.0. The number of ketones is 1. The second kappa shape index (κ2) is 7.05. The van der Waals surface area contributed by atoms with Gasteiger partial charge in [-0.05, 0) is 51.5 Å². The summed E-state index contributed by atoms with van der Waals surface area (Å²) in [5.74, 6) is 0.176. The van der Waals surface area contributed by atoms with Crippen LogP contribution in [-0.4, -0.2) is 23.3 Å². The molecule has 0 saturated heterocycles. The van der Waals surface area contributed by atoms with Crippen LogP contribution in [0.4, 0.5) is 5.69 Å². The van der Waals surface area contributed by atoms with Gasteiger partial charge in [-0.3, -0.25) is 14.6 Å². The molecule has 0 radical (unpaired) electrons. The highest BCUT2D eigenvalue weighted by atomic mass is 16.5. The van der Waals surface area contributed by atoms with E-state index >= 15 is 0 Å². The number of carbonyl (C=O) groups excluding carboxylic acids is 2. The zero-order valence-electron chi connectivity index (χ0n) is 13.8. The van der Waals surface area contributed by atoms with E-state index in [1.54, 1.807) is 24.3 Å². The number of nitrogens with one attached hydrogen (secondary N) is 1. The van der Waals surface area contributed by atoms with E-state index in [4.69, 9.17) is 4.74 Å². The highest BCUT2D eigenvalue weighted by molar-refractivity contribution is 5.95. The van der Waals surface area contributed by atoms with Crippen LogP contribution < -0.4 is 10.1 Å². The average Bonchev–Trinajstić information content (AvgIpc) is 2.49. The number of benzene rings is 1. The molecule has 1 heterocycles. The van der Waals surface area contributed by atoms with Crippen LogP contribution in [-0.2, 0) is 4.79 Å². The number of rotatable bonds is 5. The van der Waals surface area contributed by atoms with E-state index in [1.165, 1.54) is 6.92 Å². The molecule has 120 valence electrons. The Bertz CT molecular complexity index is 731. The van der Waals surface area contributed by atoms with Crippen molar-refractivity contribution in [1.82, 2.24) is 4.98 Å². The van der Waals surface area contributed by atoms with Crippen molar-refractivity contribution < 1.29 is 14.3 Å². The predicted octanol–water partition coefficient (Wildman–Crippen LogP) is 3.23. The molecule has 0 fully saturated rings. The van der Waals surface area contributed by atoms with Crippen LogP contribution in [0.1, 0.15) is 34.2 Å². The van der Waals surface area contributed by atoms with Gasteiger partial charge in [-0.1, -0.05) is 12.1 Å². The summed E-state index contributed by atoms with van der Waals surface area (Å²) in [7, 11) is 0. The lowest BCUT2D eigenvalue weighted by Gasteiger charge is -2.12. The van der Waals surface area contributed by atoms with Gasteiger partial charge in [0.2, 0.25) is 0 Å². The van der Waals surface area contributed by atoms with E-state index in [0.717, 1.165) is 17.0 Å². The summed E-state index contributed by atoms with van der Waals surface area (Å²) in [6, 6.07) is 8.69. The van der Waals surface area contributed by atoms with Crippen molar-refractivity contribution in [2.45, 2.75) is 27.7 Å². The van der Waals surface area contributed by atoms with E-state index in [-0.39, 0.29) is 18.3 Å². The third-order valence-electron chi connectivity index (χ3n) is 3.40. The van der Waals surface area contributed by atoms with Gasteiger partial charge < -0.3 is 10.1 Å². The molecule has 2 rings (SSSR count). The Hall–Kier alpha value is -2.69. The minimum absolute atomic E-state index is 0.0446. The Morgan fingerprint density at radius 3 is 2.57 bits per heavy atom. The van der Waals surface area contributed by atoms with Crippen LogP contribution in [0, 0.1) is 20.8 Å². The number of carbonyl (C=O) groups is 2. The molecule has 1 N–H and O–H groups in total. The maximum absolute atomic E-state index is 12.1. The summed E-state index contributed by atoms with van der Waals surface area (Å²) in [4.78, 5) is 27.7. The third kappa shape index (κ3) is 4.39. The molecule has 0 aliphatic heterocycles. The highest BCUT2D eigenvalue weighted by Gasteiger charge is 2.10. The predicted molar refractivity (Wildman–Crippen MR) is 89.0 cm³/mol. The number of hydrogen-bond donors (Lipinski definition) is 1. The molecule has 0 atom stereocenters. The Morgan fingerprint density at radius 1 is 1.17 bits per heavy atom. The van der Waals surface area contributed by atoms with Gasteiger partial charge in [-0.2, -0.15) is 0 Å². The number of aryl methyl sites for hydroxylation is 3. The van der Waals surface area contributed by atoms with Crippen molar-refractivity contribution in [1.29, 1.82) is 0 Å². The average molecular weight is 312 g/mol. The molecular weight excluding hydrogens is 292 g/mol. The van der Waals surface area contributed by atoms with Crippen LogP contribution in [0.5, 0.6) is 5.75 Å². The van der Waals surface area contributed by atoms with Crippen LogP contribution in [0.3, 0.4) is 0 Å². The number of Topliss-reactive ketones (excluding diaryl/α,β-unsaturated/α-hetero) is 1. The van der Waals surface area contributed by atoms with E-state index in [0.29, 0.717) is 17.0 Å². The Labute approximate surface area is 135 Å². The van der Waals surface area contributed by atoms with E-state index < -0.39 is 0 Å². The number of nitrogens with zero attached hydrogens (tertiary/aromatic N) is 1. The molecule has 0 spiro atoms. The van der Waals surface area contributed by atoms with Gasteiger partial charge in [-0.15, -0.1) is 0 Å². The molecule has 2 aromatic rings. The molecule has 1 aromatic heterocycles. The maximum atomic E-state index is 12.1. The van der Waals surface area contributed by atoms with Crippen molar-refractivity contribution in [3.05, 3.63) is 52.8 Å². The second-order valence-corrected chi connectivity index (χ2v) is 5.46. The normalized spacial score (nSPS) is 10.3. The molecule has 0 saturated carbocycles. The molecule has 1 amide bonds. The van der Waals surface area contributed by atoms with Crippen molar-refractivity contribution in [2.75, 3.05) is 11.9 Å². The summed E-state index contributed by atoms with van der Waals surface area (Å²) >= 11 is 0. The van der Waals surface area contributed by atoms with Crippen molar-refractivity contribution in [2.24, 2.45) is 0 Å². The smallest absolute Gasteiger partial charge is 0.262 e. The van der Waals surface area contributed by atoms with Crippen molar-refractivity contribution in [3.8, 4) is 5.75 Å². The molecule has 5 heteroatoms. The Balaban J connectivity index is 2.01. The fourth-order valence-electron chi connectivity index (χ4n) is 2.34. The molecule has 0 aliphatic carbocycles. The second-order valence-electron chi connectivity index (χ2n) is 5.46. The molecular formula is C18H20N2O3. The molecule has 0 unspecified atom stereocenters. The van der Waals surface area contributed by atoms with Gasteiger partial charge in [0.15, 0.2) is 12.4 Å². The maximum Gasteiger partial charge on any atom is 0.262 e. The first-order valence-corrected chi connectivity index (χ1v) is 7.35. The first-order chi connectivity index (χ1) is 10.9. The van der Waals surface area contributed by atoms with Crippen LogP contribution in [0.2, 0.25) is 0 Å². The minimum atomic E-state index is -0.268. The van der Waals surface area contributed by atoms with Gasteiger partial charge in [-0.25, -0.2) is 0 Å². The number of aromatic nitrogens is 1. The first-order valence-electron chi connectivity index (χ1n) is 7.35. The minimum Gasteiger partial charge on any atom is -0.484 e. The lowest BCUT2D eigenvalue weighted by molar-refractivity contribution is -0.118. The van der Waals surface area contributed by atoms with Crippen molar-refractivity contribution >= 4 is 17.4 Å². The summed E-state index contributed by atoms with van der Waals surface area (Å²) in [5.41, 5.74) is 3.91. The molecule has 0 aliphatic rings. The highest BCUT2D eigenvalue weighted by Crippen LogP contribution is 2.19. The van der Waals surface area contributed by atoms with Crippen LogP contribution in [0.25, 0.3) is 0 Å². The van der Waals surface area contributed by atoms with Gasteiger partial charge >= 0.3 is 0 Å². The monoisotopic (exact) mass is 312 g/mol. The lowest BCUT2D eigenvalue weighted by Crippen LogP contribution is -2.21. The molecule has 0 bridgehead atoms. The number of anilines is 1. The number of pyridine rings is 1. The van der Waals surface area contributed by atoms with E-state index in [2.05, 4.69) is 10.3 Å². The van der Waals surface area contributed by atoms with Crippen LogP contribution >= 0.6 is 0 Å².